The van der Waals surface area contributed by atoms with Crippen molar-refractivity contribution in [3.8, 4) is 0 Å². The highest BCUT2D eigenvalue weighted by atomic mass is 16.3. The van der Waals surface area contributed by atoms with E-state index in [0.29, 0.717) is 5.92 Å². The smallest absolute Gasteiger partial charge is 0.249 e. The van der Waals surface area contributed by atoms with Crippen LogP contribution in [-0.4, -0.2) is 34.9 Å². The molecule has 0 aromatic carbocycles. The first-order valence-electron chi connectivity index (χ1n) is 6.80. The van der Waals surface area contributed by atoms with Gasteiger partial charge in [-0.15, -0.1) is 0 Å². The van der Waals surface area contributed by atoms with Crippen molar-refractivity contribution >= 4 is 5.91 Å². The number of aliphatic hydroxyl groups excluding tert-OH is 2. The van der Waals surface area contributed by atoms with E-state index in [4.69, 9.17) is 5.11 Å². The molecule has 2 aliphatic carbocycles. The summed E-state index contributed by atoms with van der Waals surface area (Å²) in [7, 11) is 0. The lowest BCUT2D eigenvalue weighted by molar-refractivity contribution is -0.134. The zero-order chi connectivity index (χ0) is 12.3. The number of rotatable bonds is 4. The SMILES string of the molecule is O=C(NC1CCCC(CO)C1)C(O)C1CCC1. The predicted octanol–water partition coefficient (Wildman–Crippen LogP) is 0.815. The standard InChI is InChI=1S/C13H23NO3/c15-8-9-3-1-6-11(7-9)14-13(17)12(16)10-4-2-5-10/h9-12,15-16H,1-8H2,(H,14,17). The Balaban J connectivity index is 1.77. The van der Waals surface area contributed by atoms with Gasteiger partial charge in [-0.2, -0.15) is 0 Å². The lowest BCUT2D eigenvalue weighted by Crippen LogP contribution is -2.47. The van der Waals surface area contributed by atoms with Crippen LogP contribution in [0, 0.1) is 11.8 Å². The van der Waals surface area contributed by atoms with Crippen molar-refractivity contribution in [2.24, 2.45) is 11.8 Å². The fourth-order valence-electron chi connectivity index (χ4n) is 2.84. The molecule has 17 heavy (non-hydrogen) atoms. The summed E-state index contributed by atoms with van der Waals surface area (Å²) in [6.45, 7) is 0.206. The summed E-state index contributed by atoms with van der Waals surface area (Å²) in [5.74, 6) is 0.278. The maximum absolute atomic E-state index is 11.8. The molecule has 0 bridgehead atoms. The minimum absolute atomic E-state index is 0.142. The molecule has 4 heteroatoms. The molecule has 0 spiro atoms. The zero-order valence-corrected chi connectivity index (χ0v) is 10.3. The van der Waals surface area contributed by atoms with Crippen LogP contribution in [0.5, 0.6) is 0 Å². The summed E-state index contributed by atoms with van der Waals surface area (Å²) in [5, 5.41) is 21.9. The third kappa shape index (κ3) is 3.19. The van der Waals surface area contributed by atoms with Crippen molar-refractivity contribution in [2.75, 3.05) is 6.61 Å². The van der Waals surface area contributed by atoms with Crippen LogP contribution < -0.4 is 5.32 Å². The summed E-state index contributed by atoms with van der Waals surface area (Å²) in [4.78, 5) is 11.8. The third-order valence-corrected chi connectivity index (χ3v) is 4.25. The lowest BCUT2D eigenvalue weighted by atomic mass is 9.80. The van der Waals surface area contributed by atoms with Gasteiger partial charge in [-0.25, -0.2) is 0 Å². The predicted molar refractivity (Wildman–Crippen MR) is 64.3 cm³/mol. The highest BCUT2D eigenvalue weighted by Gasteiger charge is 2.32. The van der Waals surface area contributed by atoms with Gasteiger partial charge in [-0.05, 0) is 43.9 Å². The first kappa shape index (κ1) is 12.8. The van der Waals surface area contributed by atoms with E-state index in [1.165, 1.54) is 0 Å². The van der Waals surface area contributed by atoms with Crippen molar-refractivity contribution in [3.63, 3.8) is 0 Å². The van der Waals surface area contributed by atoms with Gasteiger partial charge >= 0.3 is 0 Å². The Labute approximate surface area is 102 Å². The van der Waals surface area contributed by atoms with E-state index in [2.05, 4.69) is 5.32 Å². The average Bonchev–Trinajstić information content (AvgIpc) is 2.27. The number of aliphatic hydroxyl groups is 2. The van der Waals surface area contributed by atoms with Gasteiger partial charge in [0.2, 0.25) is 5.91 Å². The highest BCUT2D eigenvalue weighted by molar-refractivity contribution is 5.81. The molecule has 3 N–H and O–H groups in total. The van der Waals surface area contributed by atoms with Crippen molar-refractivity contribution in [1.29, 1.82) is 0 Å². The number of nitrogens with one attached hydrogen (secondary N) is 1. The molecular weight excluding hydrogens is 218 g/mol. The Kier molecular flexibility index (Phi) is 4.40. The second kappa shape index (κ2) is 5.83. The molecule has 2 rings (SSSR count). The van der Waals surface area contributed by atoms with E-state index < -0.39 is 6.10 Å². The lowest BCUT2D eigenvalue weighted by Gasteiger charge is -2.33. The number of carbonyl (C=O) groups is 1. The molecule has 1 amide bonds. The summed E-state index contributed by atoms with van der Waals surface area (Å²) in [5.41, 5.74) is 0. The van der Waals surface area contributed by atoms with E-state index in [0.717, 1.165) is 44.9 Å². The fourth-order valence-corrected chi connectivity index (χ4v) is 2.84. The molecule has 0 heterocycles. The summed E-state index contributed by atoms with van der Waals surface area (Å²) in [6, 6.07) is 0.142. The maximum Gasteiger partial charge on any atom is 0.249 e. The fraction of sp³-hybridized carbons (Fsp3) is 0.923. The second-order valence-electron chi connectivity index (χ2n) is 5.56. The first-order valence-corrected chi connectivity index (χ1v) is 6.80. The van der Waals surface area contributed by atoms with Gasteiger partial charge in [0, 0.05) is 12.6 Å². The van der Waals surface area contributed by atoms with E-state index in [1.807, 2.05) is 0 Å². The van der Waals surface area contributed by atoms with E-state index in [9.17, 15) is 9.90 Å². The van der Waals surface area contributed by atoms with Crippen LogP contribution in [-0.2, 0) is 4.79 Å². The van der Waals surface area contributed by atoms with Crippen LogP contribution in [0.1, 0.15) is 44.9 Å². The zero-order valence-electron chi connectivity index (χ0n) is 10.3. The second-order valence-corrected chi connectivity index (χ2v) is 5.56. The minimum atomic E-state index is -0.821. The van der Waals surface area contributed by atoms with Crippen molar-refractivity contribution < 1.29 is 15.0 Å². The normalized spacial score (nSPS) is 31.6. The molecule has 4 nitrogen and oxygen atoms in total. The quantitative estimate of drug-likeness (QED) is 0.682. The van der Waals surface area contributed by atoms with Crippen LogP contribution in [0.3, 0.4) is 0 Å². The van der Waals surface area contributed by atoms with Gasteiger partial charge < -0.3 is 15.5 Å². The number of carbonyl (C=O) groups excluding carboxylic acids is 1. The molecule has 0 saturated heterocycles. The third-order valence-electron chi connectivity index (χ3n) is 4.25. The van der Waals surface area contributed by atoms with Crippen molar-refractivity contribution in [2.45, 2.75) is 57.1 Å². The van der Waals surface area contributed by atoms with Gasteiger partial charge in [0.25, 0.3) is 0 Å². The van der Waals surface area contributed by atoms with Gasteiger partial charge in [-0.3, -0.25) is 4.79 Å². The van der Waals surface area contributed by atoms with E-state index >= 15 is 0 Å². The van der Waals surface area contributed by atoms with Crippen LogP contribution in [0.15, 0.2) is 0 Å². The van der Waals surface area contributed by atoms with Crippen molar-refractivity contribution in [1.82, 2.24) is 5.32 Å². The first-order chi connectivity index (χ1) is 8.20. The molecule has 3 unspecified atom stereocenters. The summed E-state index contributed by atoms with van der Waals surface area (Å²) >= 11 is 0. The molecule has 3 atom stereocenters. The molecule has 98 valence electrons. The van der Waals surface area contributed by atoms with Crippen LogP contribution >= 0.6 is 0 Å². The molecule has 2 saturated carbocycles. The van der Waals surface area contributed by atoms with Crippen LogP contribution in [0.4, 0.5) is 0 Å². The van der Waals surface area contributed by atoms with Crippen LogP contribution in [0.2, 0.25) is 0 Å². The number of hydrogen-bond donors (Lipinski definition) is 3. The maximum atomic E-state index is 11.8. The number of amides is 1. The molecule has 0 aromatic rings. The average molecular weight is 241 g/mol. The highest BCUT2D eigenvalue weighted by Crippen LogP contribution is 2.30. The molecule has 0 radical (unpaired) electrons. The molecule has 0 aromatic heterocycles. The molecule has 0 aliphatic heterocycles. The molecule has 2 aliphatic rings. The van der Waals surface area contributed by atoms with E-state index in [-0.39, 0.29) is 24.5 Å². The van der Waals surface area contributed by atoms with Gasteiger partial charge in [0.1, 0.15) is 6.10 Å². The Morgan fingerprint density at radius 2 is 1.94 bits per heavy atom. The van der Waals surface area contributed by atoms with Gasteiger partial charge in [0.05, 0.1) is 0 Å². The Hall–Kier alpha value is -0.610. The van der Waals surface area contributed by atoms with Gasteiger partial charge in [-0.1, -0.05) is 12.8 Å². The minimum Gasteiger partial charge on any atom is -0.396 e. The van der Waals surface area contributed by atoms with E-state index in [1.54, 1.807) is 0 Å². The summed E-state index contributed by atoms with van der Waals surface area (Å²) < 4.78 is 0. The van der Waals surface area contributed by atoms with Crippen LogP contribution in [0.25, 0.3) is 0 Å². The Morgan fingerprint density at radius 1 is 1.24 bits per heavy atom. The van der Waals surface area contributed by atoms with Gasteiger partial charge in [0.15, 0.2) is 0 Å². The number of hydrogen-bond acceptors (Lipinski definition) is 3. The Bertz CT molecular complexity index is 265. The largest absolute Gasteiger partial charge is 0.396 e. The summed E-state index contributed by atoms with van der Waals surface area (Å²) in [6.07, 6.45) is 6.17. The monoisotopic (exact) mass is 241 g/mol. The van der Waals surface area contributed by atoms with Crippen molar-refractivity contribution in [3.05, 3.63) is 0 Å². The Morgan fingerprint density at radius 3 is 2.53 bits per heavy atom. The molecular formula is C13H23NO3. The topological polar surface area (TPSA) is 69.6 Å². The molecule has 2 fully saturated rings.